The minimum absolute atomic E-state index is 0.0585. The summed E-state index contributed by atoms with van der Waals surface area (Å²) in [5.74, 6) is -2.39. The molecular formula is C14H12F2N2O2. The molecule has 6 heteroatoms. The predicted molar refractivity (Wildman–Crippen MR) is 65.8 cm³/mol. The first kappa shape index (κ1) is 12.8. The van der Waals surface area contributed by atoms with Crippen molar-refractivity contribution in [3.05, 3.63) is 53.7 Å². The van der Waals surface area contributed by atoms with Crippen molar-refractivity contribution in [3.8, 4) is 0 Å². The van der Waals surface area contributed by atoms with Crippen LogP contribution in [0.1, 0.15) is 29.0 Å². The van der Waals surface area contributed by atoms with E-state index in [-0.39, 0.29) is 18.2 Å². The largest absolute Gasteiger partial charge is 0.467 e. The van der Waals surface area contributed by atoms with Gasteiger partial charge >= 0.3 is 0 Å². The monoisotopic (exact) mass is 278 g/mol. The van der Waals surface area contributed by atoms with Crippen LogP contribution in [-0.4, -0.2) is 21.8 Å². The molecule has 20 heavy (non-hydrogen) atoms. The van der Waals surface area contributed by atoms with Crippen LogP contribution >= 0.6 is 0 Å². The van der Waals surface area contributed by atoms with E-state index >= 15 is 0 Å². The second-order valence-corrected chi connectivity index (χ2v) is 4.71. The molecule has 2 aromatic rings. The van der Waals surface area contributed by atoms with Crippen molar-refractivity contribution in [2.75, 3.05) is 0 Å². The lowest BCUT2D eigenvalue weighted by molar-refractivity contribution is 0.0711. The molecular weight excluding hydrogens is 266 g/mol. The Labute approximate surface area is 114 Å². The van der Waals surface area contributed by atoms with Crippen LogP contribution < -0.4 is 0 Å². The first-order valence-corrected chi connectivity index (χ1v) is 6.30. The highest BCUT2D eigenvalue weighted by atomic mass is 19.2. The number of hydrogen-bond donors (Lipinski definition) is 0. The summed E-state index contributed by atoms with van der Waals surface area (Å²) in [6.07, 6.45) is 4.32. The second-order valence-electron chi connectivity index (χ2n) is 4.71. The van der Waals surface area contributed by atoms with Gasteiger partial charge in [0.25, 0.3) is 5.91 Å². The van der Waals surface area contributed by atoms with Gasteiger partial charge in [-0.2, -0.15) is 4.39 Å². The van der Waals surface area contributed by atoms with E-state index in [0.29, 0.717) is 5.76 Å². The summed E-state index contributed by atoms with van der Waals surface area (Å²) in [6.45, 7) is 0.250. The number of nitrogens with zero attached hydrogens (tertiary/aromatic N) is 2. The summed E-state index contributed by atoms with van der Waals surface area (Å²) in [4.78, 5) is 17.1. The number of pyridine rings is 1. The third-order valence-corrected chi connectivity index (χ3v) is 3.23. The Balaban J connectivity index is 1.87. The van der Waals surface area contributed by atoms with E-state index in [0.717, 1.165) is 19.0 Å². The van der Waals surface area contributed by atoms with Crippen LogP contribution in [0.4, 0.5) is 8.78 Å². The minimum Gasteiger partial charge on any atom is -0.467 e. The van der Waals surface area contributed by atoms with Crippen molar-refractivity contribution in [3.63, 3.8) is 0 Å². The van der Waals surface area contributed by atoms with Crippen LogP contribution in [0, 0.1) is 11.8 Å². The highest BCUT2D eigenvalue weighted by Gasteiger charge is 2.35. The van der Waals surface area contributed by atoms with Crippen molar-refractivity contribution >= 4 is 5.91 Å². The third kappa shape index (κ3) is 2.41. The van der Waals surface area contributed by atoms with Gasteiger partial charge in [0.1, 0.15) is 5.76 Å². The summed E-state index contributed by atoms with van der Waals surface area (Å²) in [6, 6.07) is 4.71. The van der Waals surface area contributed by atoms with E-state index in [2.05, 4.69) is 4.98 Å². The number of rotatable bonds is 4. The van der Waals surface area contributed by atoms with E-state index in [9.17, 15) is 13.6 Å². The van der Waals surface area contributed by atoms with Gasteiger partial charge in [-0.3, -0.25) is 4.79 Å². The number of amides is 1. The zero-order valence-corrected chi connectivity index (χ0v) is 10.6. The van der Waals surface area contributed by atoms with Crippen molar-refractivity contribution in [2.45, 2.75) is 25.4 Å². The molecule has 1 amide bonds. The predicted octanol–water partition coefficient (Wildman–Crippen LogP) is 2.76. The van der Waals surface area contributed by atoms with E-state index in [1.807, 2.05) is 0 Å². The number of carbonyl (C=O) groups excluding carboxylic acids is 1. The number of carbonyl (C=O) groups is 1. The van der Waals surface area contributed by atoms with Gasteiger partial charge in [-0.15, -0.1) is 0 Å². The fraction of sp³-hybridized carbons (Fsp3) is 0.286. The molecule has 0 aromatic carbocycles. The Kier molecular flexibility index (Phi) is 3.22. The Morgan fingerprint density at radius 1 is 1.40 bits per heavy atom. The molecule has 2 aromatic heterocycles. The normalized spacial score (nSPS) is 14.3. The molecule has 1 aliphatic carbocycles. The molecule has 104 valence electrons. The molecule has 2 heterocycles. The van der Waals surface area contributed by atoms with Crippen LogP contribution in [-0.2, 0) is 6.54 Å². The van der Waals surface area contributed by atoms with Gasteiger partial charge in [0, 0.05) is 12.2 Å². The van der Waals surface area contributed by atoms with Gasteiger partial charge < -0.3 is 9.32 Å². The lowest BCUT2D eigenvalue weighted by atomic mass is 10.2. The van der Waals surface area contributed by atoms with Gasteiger partial charge in [0.05, 0.1) is 18.4 Å². The van der Waals surface area contributed by atoms with Crippen LogP contribution in [0.2, 0.25) is 0 Å². The average Bonchev–Trinajstić information content (AvgIpc) is 3.15. The molecule has 4 nitrogen and oxygen atoms in total. The molecule has 3 rings (SSSR count). The highest BCUT2D eigenvalue weighted by Crippen LogP contribution is 2.30. The zero-order chi connectivity index (χ0) is 14.1. The maximum atomic E-state index is 13.7. The lowest BCUT2D eigenvalue weighted by Gasteiger charge is -2.21. The van der Waals surface area contributed by atoms with Crippen molar-refractivity contribution in [1.82, 2.24) is 9.88 Å². The first-order valence-electron chi connectivity index (χ1n) is 6.30. The summed E-state index contributed by atoms with van der Waals surface area (Å²) in [5.41, 5.74) is -0.295. The van der Waals surface area contributed by atoms with Crippen LogP contribution in [0.3, 0.4) is 0 Å². The van der Waals surface area contributed by atoms with E-state index < -0.39 is 17.7 Å². The van der Waals surface area contributed by atoms with Gasteiger partial charge in [-0.05, 0) is 31.0 Å². The minimum atomic E-state index is -1.26. The van der Waals surface area contributed by atoms with Crippen molar-refractivity contribution < 1.29 is 18.0 Å². The molecule has 1 saturated carbocycles. The molecule has 0 atom stereocenters. The maximum absolute atomic E-state index is 13.7. The van der Waals surface area contributed by atoms with Gasteiger partial charge in [0.15, 0.2) is 5.82 Å². The maximum Gasteiger partial charge on any atom is 0.257 e. The molecule has 0 N–H and O–H groups in total. The molecule has 1 aliphatic rings. The standard InChI is InChI=1S/C14H12F2N2O2/c15-12-11(5-6-17-13(12)16)14(19)18(9-3-4-9)8-10-2-1-7-20-10/h1-2,5-7,9H,3-4,8H2. The Hall–Kier alpha value is -2.24. The lowest BCUT2D eigenvalue weighted by Crippen LogP contribution is -2.33. The Morgan fingerprint density at radius 3 is 2.85 bits per heavy atom. The second kappa shape index (κ2) is 5.03. The van der Waals surface area contributed by atoms with Gasteiger partial charge in [-0.1, -0.05) is 0 Å². The Bertz CT molecular complexity index is 624. The summed E-state index contributed by atoms with van der Waals surface area (Å²) < 4.78 is 32.0. The first-order chi connectivity index (χ1) is 9.66. The molecule has 1 fully saturated rings. The van der Waals surface area contributed by atoms with Crippen molar-refractivity contribution in [2.24, 2.45) is 0 Å². The molecule has 0 spiro atoms. The number of hydrogen-bond acceptors (Lipinski definition) is 3. The topological polar surface area (TPSA) is 46.3 Å². The number of furan rings is 1. The van der Waals surface area contributed by atoms with E-state index in [1.165, 1.54) is 17.2 Å². The van der Waals surface area contributed by atoms with E-state index in [4.69, 9.17) is 4.42 Å². The average molecular weight is 278 g/mol. The van der Waals surface area contributed by atoms with E-state index in [1.54, 1.807) is 12.1 Å². The molecule has 0 aliphatic heterocycles. The smallest absolute Gasteiger partial charge is 0.257 e. The Morgan fingerprint density at radius 2 is 2.20 bits per heavy atom. The quantitative estimate of drug-likeness (QED) is 0.808. The summed E-state index contributed by atoms with van der Waals surface area (Å²) in [5, 5.41) is 0. The summed E-state index contributed by atoms with van der Waals surface area (Å²) in [7, 11) is 0. The third-order valence-electron chi connectivity index (χ3n) is 3.23. The molecule has 0 saturated heterocycles. The van der Waals surface area contributed by atoms with Gasteiger partial charge in [0.2, 0.25) is 5.95 Å². The van der Waals surface area contributed by atoms with Crippen LogP contribution in [0.25, 0.3) is 0 Å². The number of aromatic nitrogens is 1. The molecule has 0 radical (unpaired) electrons. The molecule has 0 bridgehead atoms. The van der Waals surface area contributed by atoms with Crippen molar-refractivity contribution in [1.29, 1.82) is 0 Å². The molecule has 0 unspecified atom stereocenters. The fourth-order valence-corrected chi connectivity index (χ4v) is 2.06. The SMILES string of the molecule is O=C(c1ccnc(F)c1F)N(Cc1ccco1)C1CC1. The highest BCUT2D eigenvalue weighted by molar-refractivity contribution is 5.94. The van der Waals surface area contributed by atoms with Crippen LogP contribution in [0.5, 0.6) is 0 Å². The zero-order valence-electron chi connectivity index (χ0n) is 10.6. The van der Waals surface area contributed by atoms with Gasteiger partial charge in [-0.25, -0.2) is 9.37 Å². The van der Waals surface area contributed by atoms with Crippen LogP contribution in [0.15, 0.2) is 35.1 Å². The fourth-order valence-electron chi connectivity index (χ4n) is 2.06. The number of halogens is 2. The summed E-state index contributed by atoms with van der Waals surface area (Å²) >= 11 is 0.